The first-order valence-corrected chi connectivity index (χ1v) is 9.00. The quantitative estimate of drug-likeness (QED) is 0.458. The summed E-state index contributed by atoms with van der Waals surface area (Å²) in [4.78, 5) is 4.56. The molecule has 4 rings (SSSR count). The Morgan fingerprint density at radius 3 is 2.45 bits per heavy atom. The number of aromatic nitrogens is 3. The van der Waals surface area contributed by atoms with Crippen molar-refractivity contribution >= 4 is 11.0 Å². The van der Waals surface area contributed by atoms with Crippen molar-refractivity contribution in [2.75, 3.05) is 7.11 Å². The Labute approximate surface area is 165 Å². The second-order valence-electron chi connectivity index (χ2n) is 6.71. The zero-order valence-corrected chi connectivity index (χ0v) is 15.9. The fourth-order valence-corrected chi connectivity index (χ4v) is 3.37. The molecule has 0 aliphatic carbocycles. The van der Waals surface area contributed by atoms with Crippen LogP contribution in [0.4, 0.5) is 13.2 Å². The van der Waals surface area contributed by atoms with Crippen molar-refractivity contribution in [3.05, 3.63) is 77.5 Å². The van der Waals surface area contributed by atoms with E-state index >= 15 is 0 Å². The Morgan fingerprint density at radius 2 is 1.76 bits per heavy atom. The molecule has 0 radical (unpaired) electrons. The van der Waals surface area contributed by atoms with Gasteiger partial charge in [-0.05, 0) is 30.7 Å². The van der Waals surface area contributed by atoms with Gasteiger partial charge in [-0.3, -0.25) is 0 Å². The summed E-state index contributed by atoms with van der Waals surface area (Å²) in [6.07, 6.45) is -4.53. The lowest BCUT2D eigenvalue weighted by Crippen LogP contribution is -2.08. The summed E-state index contributed by atoms with van der Waals surface area (Å²) in [7, 11) is 1.51. The molecular formula is C22H18F3N3O. The number of aryl methyl sites for hydroxylation is 1. The lowest BCUT2D eigenvalue weighted by atomic mass is 10.0. The van der Waals surface area contributed by atoms with Crippen LogP contribution in [0.5, 0.6) is 5.75 Å². The van der Waals surface area contributed by atoms with E-state index in [2.05, 4.69) is 10.1 Å². The molecule has 0 bridgehead atoms. The Kier molecular flexibility index (Phi) is 4.74. The molecule has 2 heterocycles. The molecule has 2 aromatic carbocycles. The van der Waals surface area contributed by atoms with Gasteiger partial charge < -0.3 is 4.74 Å². The average Bonchev–Trinajstić information content (AvgIpc) is 3.03. The summed E-state index contributed by atoms with van der Waals surface area (Å²) in [5.74, 6) is 0.548. The lowest BCUT2D eigenvalue weighted by molar-refractivity contribution is -0.136. The third kappa shape index (κ3) is 3.68. The molecule has 7 heteroatoms. The maximum atomic E-state index is 13.9. The smallest absolute Gasteiger partial charge is 0.417 e. The molecule has 0 amide bonds. The first-order chi connectivity index (χ1) is 13.9. The van der Waals surface area contributed by atoms with Gasteiger partial charge in [-0.15, -0.1) is 0 Å². The molecule has 0 aliphatic heterocycles. The van der Waals surface area contributed by atoms with Crippen molar-refractivity contribution in [1.29, 1.82) is 0 Å². The van der Waals surface area contributed by atoms with E-state index in [-0.39, 0.29) is 16.7 Å². The largest absolute Gasteiger partial charge is 0.497 e. The minimum Gasteiger partial charge on any atom is -0.497 e. The molecular weight excluding hydrogens is 379 g/mol. The van der Waals surface area contributed by atoms with E-state index in [1.54, 1.807) is 31.2 Å². The van der Waals surface area contributed by atoms with Gasteiger partial charge in [-0.25, -0.2) is 9.67 Å². The van der Waals surface area contributed by atoms with Crippen LogP contribution in [0.3, 0.4) is 0 Å². The number of halogens is 3. The van der Waals surface area contributed by atoms with Crippen molar-refractivity contribution in [3.8, 4) is 17.0 Å². The van der Waals surface area contributed by atoms with E-state index in [0.29, 0.717) is 23.6 Å². The van der Waals surface area contributed by atoms with Gasteiger partial charge in [-0.2, -0.15) is 18.3 Å². The minimum atomic E-state index is -4.53. The molecule has 4 aromatic rings. The third-order valence-electron chi connectivity index (χ3n) is 4.72. The van der Waals surface area contributed by atoms with Crippen LogP contribution < -0.4 is 4.74 Å². The highest BCUT2D eigenvalue weighted by molar-refractivity contribution is 5.86. The second-order valence-corrected chi connectivity index (χ2v) is 6.71. The number of hydrogen-bond acceptors (Lipinski definition) is 3. The van der Waals surface area contributed by atoms with Gasteiger partial charge in [0.1, 0.15) is 5.75 Å². The molecule has 148 valence electrons. The topological polar surface area (TPSA) is 39.9 Å². The number of benzene rings is 2. The Hall–Kier alpha value is -3.35. The van der Waals surface area contributed by atoms with Crippen LogP contribution in [0.2, 0.25) is 0 Å². The summed E-state index contributed by atoms with van der Waals surface area (Å²) in [6.45, 7) is 1.91. The van der Waals surface area contributed by atoms with Crippen LogP contribution in [0.25, 0.3) is 22.3 Å². The lowest BCUT2D eigenvalue weighted by Gasteiger charge is -2.12. The van der Waals surface area contributed by atoms with Gasteiger partial charge in [0.15, 0.2) is 5.65 Å². The highest BCUT2D eigenvalue weighted by Crippen LogP contribution is 2.38. The zero-order valence-electron chi connectivity index (χ0n) is 15.9. The fraction of sp³-hybridized carbons (Fsp3) is 0.182. The van der Waals surface area contributed by atoms with Gasteiger partial charge >= 0.3 is 6.18 Å². The molecule has 0 N–H and O–H groups in total. The van der Waals surface area contributed by atoms with Crippen molar-refractivity contribution < 1.29 is 17.9 Å². The van der Waals surface area contributed by atoms with Crippen LogP contribution in [0, 0.1) is 6.92 Å². The zero-order chi connectivity index (χ0) is 20.6. The number of fused-ring (bicyclic) bond motifs is 1. The molecule has 0 saturated carbocycles. The maximum absolute atomic E-state index is 13.9. The molecule has 0 aliphatic rings. The second kappa shape index (κ2) is 7.24. The predicted octanol–water partition coefficient (Wildman–Crippen LogP) is 5.48. The number of ether oxygens (including phenoxy) is 1. The summed E-state index contributed by atoms with van der Waals surface area (Å²) in [5.41, 5.74) is 1.46. The first kappa shape index (κ1) is 19.0. The summed E-state index contributed by atoms with van der Waals surface area (Å²) < 4.78 is 48.4. The molecule has 2 aromatic heterocycles. The SMILES string of the molecule is COc1cccc(-c2cc(C(F)(F)F)c3c(C)nn(Cc4ccccc4)c3n2)c1. The van der Waals surface area contributed by atoms with Gasteiger partial charge in [-0.1, -0.05) is 42.5 Å². The van der Waals surface area contributed by atoms with Crippen molar-refractivity contribution in [2.45, 2.75) is 19.6 Å². The Morgan fingerprint density at radius 1 is 1.00 bits per heavy atom. The van der Waals surface area contributed by atoms with Crippen molar-refractivity contribution in [2.24, 2.45) is 0 Å². The summed E-state index contributed by atoms with van der Waals surface area (Å²) in [6, 6.07) is 17.4. The van der Waals surface area contributed by atoms with Gasteiger partial charge in [0, 0.05) is 5.56 Å². The number of nitrogens with zero attached hydrogens (tertiary/aromatic N) is 3. The number of methoxy groups -OCH3 is 1. The van der Waals surface area contributed by atoms with E-state index in [9.17, 15) is 13.2 Å². The third-order valence-corrected chi connectivity index (χ3v) is 4.72. The number of rotatable bonds is 4. The first-order valence-electron chi connectivity index (χ1n) is 9.00. The monoisotopic (exact) mass is 397 g/mol. The van der Waals surface area contributed by atoms with Crippen LogP contribution in [-0.2, 0) is 12.7 Å². The van der Waals surface area contributed by atoms with E-state index in [1.165, 1.54) is 11.8 Å². The Balaban J connectivity index is 1.95. The van der Waals surface area contributed by atoms with E-state index in [1.807, 2.05) is 30.3 Å². The maximum Gasteiger partial charge on any atom is 0.417 e. The number of alkyl halides is 3. The molecule has 0 spiro atoms. The van der Waals surface area contributed by atoms with Crippen molar-refractivity contribution in [3.63, 3.8) is 0 Å². The predicted molar refractivity (Wildman–Crippen MR) is 105 cm³/mol. The molecule has 0 unspecified atom stereocenters. The molecule has 29 heavy (non-hydrogen) atoms. The van der Waals surface area contributed by atoms with Gasteiger partial charge in [0.25, 0.3) is 0 Å². The van der Waals surface area contributed by atoms with Crippen molar-refractivity contribution in [1.82, 2.24) is 14.8 Å². The number of hydrogen-bond donors (Lipinski definition) is 0. The molecule has 0 fully saturated rings. The van der Waals surface area contributed by atoms with Crippen LogP contribution in [0.15, 0.2) is 60.7 Å². The van der Waals surface area contributed by atoms with Crippen LogP contribution >= 0.6 is 0 Å². The van der Waals surface area contributed by atoms with Gasteiger partial charge in [0.2, 0.25) is 0 Å². The van der Waals surface area contributed by atoms with Gasteiger partial charge in [0.05, 0.1) is 36.0 Å². The Bertz CT molecular complexity index is 1170. The molecule has 0 atom stereocenters. The highest BCUT2D eigenvalue weighted by atomic mass is 19.4. The van der Waals surface area contributed by atoms with E-state index < -0.39 is 11.7 Å². The average molecular weight is 397 g/mol. The van der Waals surface area contributed by atoms with E-state index in [0.717, 1.165) is 11.6 Å². The summed E-state index contributed by atoms with van der Waals surface area (Å²) >= 11 is 0. The normalized spacial score (nSPS) is 11.8. The summed E-state index contributed by atoms with van der Waals surface area (Å²) in [5, 5.41) is 4.39. The standard InChI is InChI=1S/C22H18F3N3O/c1-14-20-18(22(23,24)25)12-19(16-9-6-10-17(11-16)29-2)26-21(20)28(27-14)13-15-7-4-3-5-8-15/h3-12H,13H2,1-2H3. The minimum absolute atomic E-state index is 0.0278. The molecule has 0 saturated heterocycles. The van der Waals surface area contributed by atoms with E-state index in [4.69, 9.17) is 4.74 Å². The fourth-order valence-electron chi connectivity index (χ4n) is 3.37. The van der Waals surface area contributed by atoms with Crippen LogP contribution in [0.1, 0.15) is 16.8 Å². The van der Waals surface area contributed by atoms with Crippen LogP contribution in [-0.4, -0.2) is 21.9 Å². The highest BCUT2D eigenvalue weighted by Gasteiger charge is 2.35. The molecule has 4 nitrogen and oxygen atoms in total. The number of pyridine rings is 1.